The fourth-order valence-electron chi connectivity index (χ4n) is 1.35. The standard InChI is InChI=1S/C11H12N6O3/c1-19-8-4-6(2-3-7(8)18)5-14-15-10(12)9-11(13)17-20-16-9/h2-5,18H,1H3,(H2,12,15)(H2,13,17)/b14-5+. The molecule has 2 rings (SSSR count). The maximum Gasteiger partial charge on any atom is 0.199 e. The van der Waals surface area contributed by atoms with E-state index in [2.05, 4.69) is 25.1 Å². The molecular weight excluding hydrogens is 264 g/mol. The molecule has 1 aromatic carbocycles. The lowest BCUT2D eigenvalue weighted by Gasteiger charge is -2.02. The molecule has 1 heterocycles. The maximum absolute atomic E-state index is 9.45. The Morgan fingerprint density at radius 3 is 2.90 bits per heavy atom. The lowest BCUT2D eigenvalue weighted by atomic mass is 10.2. The van der Waals surface area contributed by atoms with Gasteiger partial charge in [0, 0.05) is 0 Å². The largest absolute Gasteiger partial charge is 0.504 e. The average molecular weight is 276 g/mol. The molecule has 9 heteroatoms. The molecule has 0 fully saturated rings. The molecule has 0 amide bonds. The first-order valence-corrected chi connectivity index (χ1v) is 5.43. The Labute approximate surface area is 113 Å². The number of rotatable bonds is 4. The molecule has 1 aromatic heterocycles. The third-order valence-electron chi connectivity index (χ3n) is 2.33. The minimum Gasteiger partial charge on any atom is -0.504 e. The van der Waals surface area contributed by atoms with E-state index in [0.29, 0.717) is 11.3 Å². The van der Waals surface area contributed by atoms with Crippen molar-refractivity contribution in [3.63, 3.8) is 0 Å². The van der Waals surface area contributed by atoms with Crippen molar-refractivity contribution in [3.8, 4) is 11.5 Å². The van der Waals surface area contributed by atoms with E-state index in [4.69, 9.17) is 16.2 Å². The number of ether oxygens (including phenoxy) is 1. The van der Waals surface area contributed by atoms with Gasteiger partial charge < -0.3 is 21.3 Å². The van der Waals surface area contributed by atoms with Crippen LogP contribution in [0.1, 0.15) is 11.3 Å². The van der Waals surface area contributed by atoms with Gasteiger partial charge in [-0.3, -0.25) is 0 Å². The van der Waals surface area contributed by atoms with Crippen LogP contribution in [0.25, 0.3) is 0 Å². The van der Waals surface area contributed by atoms with Crippen molar-refractivity contribution < 1.29 is 14.5 Å². The number of aromatic nitrogens is 2. The number of phenols is 1. The van der Waals surface area contributed by atoms with Crippen LogP contribution in [0.4, 0.5) is 5.82 Å². The summed E-state index contributed by atoms with van der Waals surface area (Å²) in [6, 6.07) is 4.71. The molecule has 0 aliphatic heterocycles. The van der Waals surface area contributed by atoms with Crippen LogP contribution >= 0.6 is 0 Å². The Bertz CT molecular complexity index is 664. The van der Waals surface area contributed by atoms with Gasteiger partial charge in [-0.1, -0.05) is 0 Å². The van der Waals surface area contributed by atoms with E-state index in [9.17, 15) is 5.11 Å². The van der Waals surface area contributed by atoms with E-state index in [1.807, 2.05) is 0 Å². The number of methoxy groups -OCH3 is 1. The van der Waals surface area contributed by atoms with Gasteiger partial charge in [0.2, 0.25) is 0 Å². The zero-order chi connectivity index (χ0) is 14.5. The normalized spacial score (nSPS) is 11.9. The van der Waals surface area contributed by atoms with E-state index < -0.39 is 0 Å². The predicted octanol–water partition coefficient (Wildman–Crippen LogP) is 0.105. The van der Waals surface area contributed by atoms with Crippen molar-refractivity contribution in [3.05, 3.63) is 29.5 Å². The van der Waals surface area contributed by atoms with E-state index >= 15 is 0 Å². The summed E-state index contributed by atoms with van der Waals surface area (Å²) in [7, 11) is 1.45. The van der Waals surface area contributed by atoms with Gasteiger partial charge in [0.25, 0.3) is 0 Å². The third-order valence-corrected chi connectivity index (χ3v) is 2.33. The molecule has 0 aliphatic rings. The fourth-order valence-corrected chi connectivity index (χ4v) is 1.35. The number of hydrogen-bond acceptors (Lipinski definition) is 8. The van der Waals surface area contributed by atoms with Crippen LogP contribution in [0, 0.1) is 0 Å². The van der Waals surface area contributed by atoms with Crippen LogP contribution in [-0.2, 0) is 0 Å². The van der Waals surface area contributed by atoms with Crippen LogP contribution < -0.4 is 16.2 Å². The molecule has 20 heavy (non-hydrogen) atoms. The van der Waals surface area contributed by atoms with Crippen molar-refractivity contribution in [2.24, 2.45) is 15.9 Å². The Balaban J connectivity index is 2.16. The maximum atomic E-state index is 9.45. The molecule has 0 saturated carbocycles. The quantitative estimate of drug-likeness (QED) is 0.408. The SMILES string of the molecule is COc1cc(/C=N/N=C(N)c2nonc2N)ccc1O. The molecule has 0 saturated heterocycles. The first kappa shape index (κ1) is 13.3. The topological polar surface area (TPSA) is 145 Å². The number of nitrogen functional groups attached to an aromatic ring is 1. The molecule has 9 nitrogen and oxygen atoms in total. The van der Waals surface area contributed by atoms with Crippen molar-refractivity contribution in [1.82, 2.24) is 10.3 Å². The van der Waals surface area contributed by atoms with Crippen LogP contribution in [-0.4, -0.2) is 34.6 Å². The molecule has 0 bridgehead atoms. The molecule has 0 unspecified atom stereocenters. The van der Waals surface area contributed by atoms with Crippen LogP contribution in [0.5, 0.6) is 11.5 Å². The first-order valence-electron chi connectivity index (χ1n) is 5.43. The highest BCUT2D eigenvalue weighted by atomic mass is 16.6. The second-order valence-corrected chi connectivity index (χ2v) is 3.66. The second-order valence-electron chi connectivity index (χ2n) is 3.66. The van der Waals surface area contributed by atoms with Gasteiger partial charge in [-0.25, -0.2) is 4.63 Å². The third kappa shape index (κ3) is 2.83. The minimum absolute atomic E-state index is 0.0225. The molecule has 2 aromatic rings. The summed E-state index contributed by atoms with van der Waals surface area (Å²) in [5, 5.41) is 23.8. The highest BCUT2D eigenvalue weighted by Gasteiger charge is 2.09. The number of nitrogens with two attached hydrogens (primary N) is 2. The number of phenolic OH excluding ortho intramolecular Hbond substituents is 1. The Kier molecular flexibility index (Phi) is 3.80. The van der Waals surface area contributed by atoms with Gasteiger partial charge in [-0.15, -0.1) is 5.10 Å². The molecular formula is C11H12N6O3. The van der Waals surface area contributed by atoms with Crippen molar-refractivity contribution in [2.75, 3.05) is 12.8 Å². The number of benzene rings is 1. The summed E-state index contributed by atoms with van der Waals surface area (Å²) in [6.45, 7) is 0. The Hall–Kier alpha value is -3.10. The van der Waals surface area contributed by atoms with Gasteiger partial charge in [-0.2, -0.15) is 5.10 Å². The van der Waals surface area contributed by atoms with Gasteiger partial charge in [0.05, 0.1) is 13.3 Å². The number of amidine groups is 1. The summed E-state index contributed by atoms with van der Waals surface area (Å²) >= 11 is 0. The number of anilines is 1. The molecule has 0 aliphatic carbocycles. The summed E-state index contributed by atoms with van der Waals surface area (Å²) in [6.07, 6.45) is 1.43. The highest BCUT2D eigenvalue weighted by molar-refractivity contribution is 5.99. The van der Waals surface area contributed by atoms with Gasteiger partial charge >= 0.3 is 0 Å². The van der Waals surface area contributed by atoms with Crippen molar-refractivity contribution in [2.45, 2.75) is 0 Å². The molecule has 0 atom stereocenters. The highest BCUT2D eigenvalue weighted by Crippen LogP contribution is 2.25. The monoisotopic (exact) mass is 276 g/mol. The van der Waals surface area contributed by atoms with E-state index in [-0.39, 0.29) is 23.1 Å². The lowest BCUT2D eigenvalue weighted by Crippen LogP contribution is -2.15. The smallest absolute Gasteiger partial charge is 0.199 e. The zero-order valence-electron chi connectivity index (χ0n) is 10.5. The lowest BCUT2D eigenvalue weighted by molar-refractivity contribution is 0.308. The molecule has 104 valence electrons. The van der Waals surface area contributed by atoms with Crippen molar-refractivity contribution >= 4 is 17.9 Å². The fraction of sp³-hybridized carbons (Fsp3) is 0.0909. The summed E-state index contributed by atoms with van der Waals surface area (Å²) in [4.78, 5) is 0. The van der Waals surface area contributed by atoms with Crippen LogP contribution in [0.15, 0.2) is 33.0 Å². The molecule has 0 radical (unpaired) electrons. The van der Waals surface area contributed by atoms with E-state index in [0.717, 1.165) is 0 Å². The summed E-state index contributed by atoms with van der Waals surface area (Å²) in [5.74, 6) is 0.378. The Morgan fingerprint density at radius 2 is 2.25 bits per heavy atom. The van der Waals surface area contributed by atoms with Gasteiger partial charge in [-0.05, 0) is 34.1 Å². The van der Waals surface area contributed by atoms with E-state index in [1.165, 1.54) is 19.4 Å². The summed E-state index contributed by atoms with van der Waals surface area (Å²) in [5.41, 5.74) is 11.9. The van der Waals surface area contributed by atoms with Crippen LogP contribution in [0.2, 0.25) is 0 Å². The van der Waals surface area contributed by atoms with E-state index in [1.54, 1.807) is 12.1 Å². The van der Waals surface area contributed by atoms with Crippen LogP contribution in [0.3, 0.4) is 0 Å². The van der Waals surface area contributed by atoms with Gasteiger partial charge in [0.1, 0.15) is 0 Å². The first-order chi connectivity index (χ1) is 9.61. The average Bonchev–Trinajstić information content (AvgIpc) is 2.87. The molecule has 0 spiro atoms. The number of aromatic hydroxyl groups is 1. The van der Waals surface area contributed by atoms with Gasteiger partial charge in [0.15, 0.2) is 28.8 Å². The zero-order valence-corrected chi connectivity index (χ0v) is 10.5. The Morgan fingerprint density at radius 1 is 1.45 bits per heavy atom. The second kappa shape index (κ2) is 5.69. The predicted molar refractivity (Wildman–Crippen MR) is 71.7 cm³/mol. The summed E-state index contributed by atoms with van der Waals surface area (Å²) < 4.78 is 9.36. The number of hydrogen-bond donors (Lipinski definition) is 3. The van der Waals surface area contributed by atoms with Crippen molar-refractivity contribution in [1.29, 1.82) is 0 Å². The minimum atomic E-state index is -0.0225. The number of nitrogens with zero attached hydrogens (tertiary/aromatic N) is 4. The molecule has 5 N–H and O–H groups in total.